The van der Waals surface area contributed by atoms with Gasteiger partial charge in [0, 0.05) is 42.9 Å². The lowest BCUT2D eigenvalue weighted by molar-refractivity contribution is 0.0908. The molecule has 1 amide bonds. The van der Waals surface area contributed by atoms with Gasteiger partial charge in [-0.2, -0.15) is 0 Å². The smallest absolute Gasteiger partial charge is 0.254 e. The van der Waals surface area contributed by atoms with E-state index in [0.29, 0.717) is 0 Å². The molecule has 3 heterocycles. The van der Waals surface area contributed by atoms with Crippen LogP contribution in [0, 0.1) is 13.8 Å². The van der Waals surface area contributed by atoms with Crippen molar-refractivity contribution in [3.05, 3.63) is 76.4 Å². The molecule has 2 aromatic heterocycles. The third-order valence-corrected chi connectivity index (χ3v) is 6.83. The molecule has 4 rings (SSSR count). The van der Waals surface area contributed by atoms with E-state index in [-0.39, 0.29) is 11.9 Å². The number of piperidine rings is 1. The van der Waals surface area contributed by atoms with E-state index >= 15 is 0 Å². The van der Waals surface area contributed by atoms with Crippen LogP contribution in [0.3, 0.4) is 0 Å². The Morgan fingerprint density at radius 2 is 1.75 bits per heavy atom. The molecule has 0 spiro atoms. The fraction of sp³-hybridized carbons (Fsp3) is 0.348. The van der Waals surface area contributed by atoms with Crippen LogP contribution in [-0.2, 0) is 6.54 Å². The van der Waals surface area contributed by atoms with E-state index in [4.69, 9.17) is 0 Å². The summed E-state index contributed by atoms with van der Waals surface area (Å²) in [7, 11) is 0. The minimum absolute atomic E-state index is 0.0621. The van der Waals surface area contributed by atoms with Crippen molar-refractivity contribution in [2.24, 2.45) is 0 Å². The molecule has 0 aliphatic carbocycles. The molecule has 5 heteroatoms. The van der Waals surface area contributed by atoms with Gasteiger partial charge in [0.05, 0.1) is 5.56 Å². The van der Waals surface area contributed by atoms with Crippen LogP contribution in [0.15, 0.2) is 54.9 Å². The molecule has 1 aliphatic rings. The number of hydrogen-bond donors (Lipinski definition) is 1. The van der Waals surface area contributed by atoms with Gasteiger partial charge in [0.2, 0.25) is 0 Å². The summed E-state index contributed by atoms with van der Waals surface area (Å²) in [5, 5.41) is 4.32. The van der Waals surface area contributed by atoms with E-state index in [2.05, 4.69) is 54.4 Å². The van der Waals surface area contributed by atoms with Gasteiger partial charge < -0.3 is 9.88 Å². The molecule has 3 aromatic rings. The van der Waals surface area contributed by atoms with E-state index in [1.807, 2.05) is 29.1 Å². The van der Waals surface area contributed by atoms with Crippen LogP contribution in [0.4, 0.5) is 0 Å². The number of rotatable bonds is 5. The summed E-state index contributed by atoms with van der Waals surface area (Å²) < 4.78 is 2.04. The molecule has 1 saturated heterocycles. The summed E-state index contributed by atoms with van der Waals surface area (Å²) in [6, 6.07) is 14.8. The van der Waals surface area contributed by atoms with Gasteiger partial charge in [-0.1, -0.05) is 30.3 Å². The predicted octanol–water partition coefficient (Wildman–Crippen LogP) is 4.55. The van der Waals surface area contributed by atoms with Crippen molar-refractivity contribution in [3.63, 3.8) is 0 Å². The number of likely N-dealkylation sites (tertiary alicyclic amines) is 1. The van der Waals surface area contributed by atoms with Gasteiger partial charge in [0.15, 0.2) is 0 Å². The molecular formula is C23H27N3OS. The minimum Gasteiger partial charge on any atom is -0.349 e. The highest BCUT2D eigenvalue weighted by atomic mass is 32.1. The third-order valence-electron chi connectivity index (χ3n) is 5.60. The molecule has 1 fully saturated rings. The lowest BCUT2D eigenvalue weighted by Gasteiger charge is -2.32. The van der Waals surface area contributed by atoms with Crippen molar-refractivity contribution in [1.82, 2.24) is 14.8 Å². The molecule has 0 bridgehead atoms. The second-order valence-corrected chi connectivity index (χ2v) is 8.77. The maximum Gasteiger partial charge on any atom is 0.254 e. The van der Waals surface area contributed by atoms with Gasteiger partial charge in [-0.05, 0) is 49.9 Å². The van der Waals surface area contributed by atoms with Crippen LogP contribution >= 0.6 is 11.3 Å². The maximum absolute atomic E-state index is 13.1. The molecule has 1 N–H and O–H groups in total. The van der Waals surface area contributed by atoms with Crippen molar-refractivity contribution in [2.45, 2.75) is 39.3 Å². The monoisotopic (exact) mass is 393 g/mol. The molecule has 0 saturated carbocycles. The lowest BCUT2D eigenvalue weighted by Crippen LogP contribution is -2.44. The van der Waals surface area contributed by atoms with Crippen LogP contribution in [0.1, 0.15) is 39.2 Å². The number of thiophene rings is 1. The number of benzene rings is 1. The van der Waals surface area contributed by atoms with Gasteiger partial charge >= 0.3 is 0 Å². The minimum atomic E-state index is 0.0621. The summed E-state index contributed by atoms with van der Waals surface area (Å²) in [6.07, 6.45) is 6.01. The maximum atomic E-state index is 13.1. The number of nitrogens with zero attached hydrogens (tertiary/aromatic N) is 2. The van der Waals surface area contributed by atoms with Crippen molar-refractivity contribution in [3.8, 4) is 5.00 Å². The highest BCUT2D eigenvalue weighted by molar-refractivity contribution is 7.15. The largest absolute Gasteiger partial charge is 0.349 e. The van der Waals surface area contributed by atoms with Crippen LogP contribution in [0.5, 0.6) is 0 Å². The van der Waals surface area contributed by atoms with Crippen LogP contribution in [0.2, 0.25) is 0 Å². The van der Waals surface area contributed by atoms with E-state index in [0.717, 1.165) is 48.6 Å². The summed E-state index contributed by atoms with van der Waals surface area (Å²) in [5.74, 6) is 0.0621. The van der Waals surface area contributed by atoms with Crippen molar-refractivity contribution >= 4 is 17.2 Å². The fourth-order valence-electron chi connectivity index (χ4n) is 3.86. The second kappa shape index (κ2) is 8.33. The Balaban J connectivity index is 1.39. The van der Waals surface area contributed by atoms with E-state index < -0.39 is 0 Å². The van der Waals surface area contributed by atoms with E-state index in [1.165, 1.54) is 10.4 Å². The van der Waals surface area contributed by atoms with Gasteiger partial charge in [0.25, 0.3) is 5.91 Å². The van der Waals surface area contributed by atoms with E-state index in [1.54, 1.807) is 11.3 Å². The van der Waals surface area contributed by atoms with Crippen molar-refractivity contribution < 1.29 is 4.79 Å². The first kappa shape index (κ1) is 19.0. The number of hydrogen-bond acceptors (Lipinski definition) is 3. The third kappa shape index (κ3) is 4.05. The lowest BCUT2D eigenvalue weighted by atomic mass is 10.0. The molecular weight excluding hydrogens is 366 g/mol. The molecule has 1 aromatic carbocycles. The number of carbonyl (C=O) groups excluding carboxylic acids is 1. The number of nitrogens with one attached hydrogen (secondary N) is 1. The average molecular weight is 394 g/mol. The van der Waals surface area contributed by atoms with Crippen LogP contribution < -0.4 is 5.32 Å². The first-order valence-corrected chi connectivity index (χ1v) is 10.7. The fourth-order valence-corrected chi connectivity index (χ4v) is 4.98. The first-order chi connectivity index (χ1) is 13.6. The number of carbonyl (C=O) groups is 1. The molecule has 0 atom stereocenters. The zero-order valence-electron chi connectivity index (χ0n) is 16.5. The Morgan fingerprint density at radius 1 is 1.07 bits per heavy atom. The molecule has 4 nitrogen and oxygen atoms in total. The number of amides is 1. The normalized spacial score (nSPS) is 15.6. The van der Waals surface area contributed by atoms with Gasteiger partial charge in [-0.15, -0.1) is 11.3 Å². The van der Waals surface area contributed by atoms with Crippen LogP contribution in [0.25, 0.3) is 5.00 Å². The summed E-state index contributed by atoms with van der Waals surface area (Å²) >= 11 is 1.68. The summed E-state index contributed by atoms with van der Waals surface area (Å²) in [5.41, 5.74) is 3.27. The highest BCUT2D eigenvalue weighted by Gasteiger charge is 2.25. The Bertz CT molecular complexity index is 922. The van der Waals surface area contributed by atoms with Crippen molar-refractivity contribution in [1.29, 1.82) is 0 Å². The topological polar surface area (TPSA) is 37.3 Å². The molecule has 0 radical (unpaired) electrons. The highest BCUT2D eigenvalue weighted by Crippen LogP contribution is 2.31. The van der Waals surface area contributed by atoms with Gasteiger partial charge in [-0.3, -0.25) is 9.69 Å². The Morgan fingerprint density at radius 3 is 2.43 bits per heavy atom. The molecule has 1 aliphatic heterocycles. The standard InChI is InChI=1S/C23H27N3OS/c1-17-18(2)28-23(26-12-6-7-13-26)21(17)22(27)24-20-10-14-25(15-11-20)16-19-8-4-3-5-9-19/h3-9,12-13,20H,10-11,14-16H2,1-2H3,(H,24,27). The SMILES string of the molecule is Cc1sc(-n2cccc2)c(C(=O)NC2CCN(Cc3ccccc3)CC2)c1C. The summed E-state index contributed by atoms with van der Waals surface area (Å²) in [6.45, 7) is 7.17. The predicted molar refractivity (Wildman–Crippen MR) is 115 cm³/mol. The Labute approximate surface area is 170 Å². The number of aromatic nitrogens is 1. The zero-order chi connectivity index (χ0) is 19.5. The average Bonchev–Trinajstić information content (AvgIpc) is 3.33. The Hall–Kier alpha value is -2.37. The Kier molecular flexibility index (Phi) is 5.64. The molecule has 28 heavy (non-hydrogen) atoms. The summed E-state index contributed by atoms with van der Waals surface area (Å²) in [4.78, 5) is 16.8. The van der Waals surface area contributed by atoms with Gasteiger partial charge in [0.1, 0.15) is 5.00 Å². The van der Waals surface area contributed by atoms with Gasteiger partial charge in [-0.25, -0.2) is 0 Å². The van der Waals surface area contributed by atoms with E-state index in [9.17, 15) is 4.79 Å². The number of aryl methyl sites for hydroxylation is 1. The first-order valence-electron chi connectivity index (χ1n) is 9.92. The van der Waals surface area contributed by atoms with Crippen LogP contribution in [-0.4, -0.2) is 34.5 Å². The van der Waals surface area contributed by atoms with Crippen molar-refractivity contribution in [2.75, 3.05) is 13.1 Å². The zero-order valence-corrected chi connectivity index (χ0v) is 17.3. The second-order valence-electron chi connectivity index (χ2n) is 7.56. The molecule has 0 unspecified atom stereocenters. The molecule has 146 valence electrons. The quantitative estimate of drug-likeness (QED) is 0.690.